The van der Waals surface area contributed by atoms with Crippen LogP contribution in [0.1, 0.15) is 85.0 Å². The highest BCUT2D eigenvalue weighted by molar-refractivity contribution is 7.89. The van der Waals surface area contributed by atoms with Gasteiger partial charge in [0.2, 0.25) is 10.0 Å². The lowest BCUT2D eigenvalue weighted by atomic mass is 9.89. The highest BCUT2D eigenvalue weighted by Crippen LogP contribution is 2.29. The Labute approximate surface area is 203 Å². The second kappa shape index (κ2) is 10.9. The smallest absolute Gasteiger partial charge is 0.257 e. The van der Waals surface area contributed by atoms with Crippen molar-refractivity contribution in [3.8, 4) is 5.75 Å². The largest absolute Gasteiger partial charge is 0.496 e. The van der Waals surface area contributed by atoms with Crippen LogP contribution in [0.15, 0.2) is 41.3 Å². The Morgan fingerprint density at radius 1 is 0.971 bits per heavy atom. The van der Waals surface area contributed by atoms with Crippen LogP contribution in [0, 0.1) is 0 Å². The van der Waals surface area contributed by atoms with E-state index in [1.807, 2.05) is 17.9 Å². The fourth-order valence-electron chi connectivity index (χ4n) is 5.08. The first kappa shape index (κ1) is 24.7. The Kier molecular flexibility index (Phi) is 7.94. The van der Waals surface area contributed by atoms with Crippen molar-refractivity contribution in [1.82, 2.24) is 9.62 Å². The number of amides is 1. The number of nitrogens with zero attached hydrogens (tertiary/aromatic N) is 1. The number of nitrogens with one attached hydrogen (secondary N) is 1. The van der Waals surface area contributed by atoms with Gasteiger partial charge in [-0.3, -0.25) is 4.79 Å². The van der Waals surface area contributed by atoms with Crippen molar-refractivity contribution in [2.24, 2.45) is 0 Å². The van der Waals surface area contributed by atoms with Crippen molar-refractivity contribution >= 4 is 15.9 Å². The topological polar surface area (TPSA) is 75.7 Å². The molecule has 1 atom stereocenters. The minimum Gasteiger partial charge on any atom is -0.496 e. The maximum Gasteiger partial charge on any atom is 0.257 e. The standard InChI is InChI=1S/C27H36N2O4S/c1-3-25(22-13-12-20-10-6-7-11-21(20)18-22)28-34(31,32)23-14-15-26(33-2)24(19-23)27(30)29-16-8-4-5-9-17-29/h12-15,18-19,25,28H,3-11,16-17H2,1-2H3. The molecule has 0 radical (unpaired) electrons. The number of methoxy groups -OCH3 is 1. The van der Waals surface area contributed by atoms with Crippen molar-refractivity contribution in [2.75, 3.05) is 20.2 Å². The van der Waals surface area contributed by atoms with Crippen LogP contribution in [0.3, 0.4) is 0 Å². The quantitative estimate of drug-likeness (QED) is 0.599. The van der Waals surface area contributed by atoms with Gasteiger partial charge in [-0.05, 0) is 79.8 Å². The third kappa shape index (κ3) is 5.47. The Hall–Kier alpha value is -2.38. The number of likely N-dealkylation sites (tertiary alicyclic amines) is 1. The molecule has 1 N–H and O–H groups in total. The molecule has 0 saturated carbocycles. The summed E-state index contributed by atoms with van der Waals surface area (Å²) >= 11 is 0. The first-order valence-electron chi connectivity index (χ1n) is 12.5. The summed E-state index contributed by atoms with van der Waals surface area (Å²) in [5.74, 6) is 0.229. The molecule has 6 nitrogen and oxygen atoms in total. The minimum absolute atomic E-state index is 0.0860. The number of aryl methyl sites for hydroxylation is 2. The van der Waals surface area contributed by atoms with Gasteiger partial charge in [0, 0.05) is 19.1 Å². The Bertz CT molecular complexity index is 1120. The Balaban J connectivity index is 1.59. The fraction of sp³-hybridized carbons (Fsp3) is 0.519. The maximum atomic E-state index is 13.4. The molecule has 0 bridgehead atoms. The van der Waals surface area contributed by atoms with E-state index in [0.29, 0.717) is 30.8 Å². The lowest BCUT2D eigenvalue weighted by Crippen LogP contribution is -2.33. The van der Waals surface area contributed by atoms with Gasteiger partial charge in [-0.1, -0.05) is 38.0 Å². The molecule has 2 aromatic carbocycles. The van der Waals surface area contributed by atoms with E-state index in [4.69, 9.17) is 4.74 Å². The zero-order valence-electron chi connectivity index (χ0n) is 20.3. The Morgan fingerprint density at radius 3 is 2.35 bits per heavy atom. The molecule has 7 heteroatoms. The summed E-state index contributed by atoms with van der Waals surface area (Å²) in [4.78, 5) is 15.2. The molecule has 1 heterocycles. The second-order valence-corrected chi connectivity index (χ2v) is 11.1. The number of sulfonamides is 1. The lowest BCUT2D eigenvalue weighted by Gasteiger charge is -2.23. The van der Waals surface area contributed by atoms with Crippen LogP contribution in [-0.2, 0) is 22.9 Å². The third-order valence-corrected chi connectivity index (χ3v) is 8.55. The second-order valence-electron chi connectivity index (χ2n) is 9.39. The summed E-state index contributed by atoms with van der Waals surface area (Å²) < 4.78 is 35.1. The summed E-state index contributed by atoms with van der Waals surface area (Å²) in [5.41, 5.74) is 3.99. The average molecular weight is 485 g/mol. The molecule has 0 spiro atoms. The van der Waals surface area contributed by atoms with E-state index < -0.39 is 10.0 Å². The van der Waals surface area contributed by atoms with E-state index in [9.17, 15) is 13.2 Å². The molecule has 1 amide bonds. The van der Waals surface area contributed by atoms with Crippen molar-refractivity contribution < 1.29 is 17.9 Å². The van der Waals surface area contributed by atoms with Crippen LogP contribution >= 0.6 is 0 Å². The summed E-state index contributed by atoms with van der Waals surface area (Å²) in [6, 6.07) is 10.6. The lowest BCUT2D eigenvalue weighted by molar-refractivity contribution is 0.0758. The molecule has 2 aromatic rings. The molecule has 1 unspecified atom stereocenters. The normalized spacial score (nSPS) is 17.5. The summed E-state index contributed by atoms with van der Waals surface area (Å²) in [7, 11) is -2.33. The zero-order chi connectivity index (χ0) is 24.1. The molecule has 34 heavy (non-hydrogen) atoms. The molecule has 1 aliphatic carbocycles. The van der Waals surface area contributed by atoms with E-state index in [1.54, 1.807) is 6.07 Å². The molecule has 1 aliphatic heterocycles. The van der Waals surface area contributed by atoms with Crippen molar-refractivity contribution in [2.45, 2.75) is 75.6 Å². The van der Waals surface area contributed by atoms with Gasteiger partial charge in [-0.2, -0.15) is 0 Å². The minimum atomic E-state index is -3.84. The van der Waals surface area contributed by atoms with Gasteiger partial charge in [-0.15, -0.1) is 0 Å². The molecule has 184 valence electrons. The molecular formula is C27H36N2O4S. The van der Waals surface area contributed by atoms with Crippen molar-refractivity contribution in [3.05, 3.63) is 58.7 Å². The van der Waals surface area contributed by atoms with Gasteiger partial charge in [0.25, 0.3) is 5.91 Å². The summed E-state index contributed by atoms with van der Waals surface area (Å²) in [5, 5.41) is 0. The molecule has 1 saturated heterocycles. The number of benzene rings is 2. The first-order chi connectivity index (χ1) is 16.4. The summed E-state index contributed by atoms with van der Waals surface area (Å²) in [6.07, 6.45) is 9.32. The fourth-order valence-corrected chi connectivity index (χ4v) is 6.41. The molecular weight excluding hydrogens is 448 g/mol. The molecule has 4 rings (SSSR count). The van der Waals surface area contributed by atoms with Crippen LogP contribution in [0.25, 0.3) is 0 Å². The monoisotopic (exact) mass is 484 g/mol. The number of ether oxygens (including phenoxy) is 1. The maximum absolute atomic E-state index is 13.4. The van der Waals surface area contributed by atoms with Gasteiger partial charge in [-0.25, -0.2) is 13.1 Å². The van der Waals surface area contributed by atoms with E-state index in [-0.39, 0.29) is 16.8 Å². The van der Waals surface area contributed by atoms with Crippen molar-refractivity contribution in [1.29, 1.82) is 0 Å². The van der Waals surface area contributed by atoms with Crippen LogP contribution < -0.4 is 9.46 Å². The van der Waals surface area contributed by atoms with E-state index in [2.05, 4.69) is 16.9 Å². The molecule has 2 aliphatic rings. The van der Waals surface area contributed by atoms with Gasteiger partial charge >= 0.3 is 0 Å². The summed E-state index contributed by atoms with van der Waals surface area (Å²) in [6.45, 7) is 3.36. The van der Waals surface area contributed by atoms with Gasteiger partial charge in [0.1, 0.15) is 5.75 Å². The number of carbonyl (C=O) groups excluding carboxylic acids is 1. The number of hydrogen-bond acceptors (Lipinski definition) is 4. The molecule has 0 aromatic heterocycles. The third-order valence-electron chi connectivity index (χ3n) is 7.09. The average Bonchev–Trinajstić information content (AvgIpc) is 3.16. The SMILES string of the molecule is CCC(NS(=O)(=O)c1ccc(OC)c(C(=O)N2CCCCCC2)c1)c1ccc2c(c1)CCCC2. The number of hydrogen-bond donors (Lipinski definition) is 1. The van der Waals surface area contributed by atoms with Crippen LogP contribution in [-0.4, -0.2) is 39.4 Å². The number of carbonyl (C=O) groups is 1. The van der Waals surface area contributed by atoms with E-state index in [1.165, 1.54) is 43.2 Å². The predicted octanol–water partition coefficient (Wildman–Crippen LogP) is 5.02. The predicted molar refractivity (Wildman–Crippen MR) is 134 cm³/mol. The van der Waals surface area contributed by atoms with E-state index >= 15 is 0 Å². The van der Waals surface area contributed by atoms with Crippen LogP contribution in [0.2, 0.25) is 0 Å². The van der Waals surface area contributed by atoms with Gasteiger partial charge < -0.3 is 9.64 Å². The van der Waals surface area contributed by atoms with E-state index in [0.717, 1.165) is 44.1 Å². The highest BCUT2D eigenvalue weighted by atomic mass is 32.2. The number of fused-ring (bicyclic) bond motifs is 1. The van der Waals surface area contributed by atoms with Crippen LogP contribution in [0.4, 0.5) is 0 Å². The first-order valence-corrected chi connectivity index (χ1v) is 14.0. The van der Waals surface area contributed by atoms with Gasteiger partial charge in [0.05, 0.1) is 17.6 Å². The van der Waals surface area contributed by atoms with Gasteiger partial charge in [0.15, 0.2) is 0 Å². The Morgan fingerprint density at radius 2 is 1.68 bits per heavy atom. The van der Waals surface area contributed by atoms with Crippen molar-refractivity contribution in [3.63, 3.8) is 0 Å². The number of rotatable bonds is 7. The highest BCUT2D eigenvalue weighted by Gasteiger charge is 2.26. The molecule has 1 fully saturated rings. The van der Waals surface area contributed by atoms with Crippen LogP contribution in [0.5, 0.6) is 5.75 Å². The zero-order valence-corrected chi connectivity index (χ0v) is 21.1.